The summed E-state index contributed by atoms with van der Waals surface area (Å²) in [7, 11) is 0. The molecule has 1 N–H and O–H groups in total. The van der Waals surface area contributed by atoms with E-state index in [4.69, 9.17) is 5.11 Å². The van der Waals surface area contributed by atoms with Crippen molar-refractivity contribution in [1.82, 2.24) is 4.98 Å². The predicted octanol–water partition coefficient (Wildman–Crippen LogP) is 3.63. The van der Waals surface area contributed by atoms with Crippen LogP contribution in [0.4, 0.5) is 0 Å². The van der Waals surface area contributed by atoms with E-state index in [-0.39, 0.29) is 5.56 Å². The second-order valence-corrected chi connectivity index (χ2v) is 4.65. The first-order valence-corrected chi connectivity index (χ1v) is 6.33. The highest BCUT2D eigenvalue weighted by Gasteiger charge is 2.11. The number of carbonyl (C=O) groups is 1. The highest BCUT2D eigenvalue weighted by atomic mass is 16.4. The van der Waals surface area contributed by atoms with Gasteiger partial charge in [0.1, 0.15) is 0 Å². The van der Waals surface area contributed by atoms with E-state index in [9.17, 15) is 4.79 Å². The molecule has 3 nitrogen and oxygen atoms in total. The fourth-order valence-electron chi connectivity index (χ4n) is 2.03. The minimum absolute atomic E-state index is 0.287. The largest absolute Gasteiger partial charge is 0.478 e. The fourth-order valence-corrected chi connectivity index (χ4v) is 2.03. The first-order valence-electron chi connectivity index (χ1n) is 6.33. The van der Waals surface area contributed by atoms with E-state index in [1.807, 2.05) is 13.0 Å². The van der Waals surface area contributed by atoms with Gasteiger partial charge in [-0.25, -0.2) is 4.79 Å². The van der Waals surface area contributed by atoms with Crippen molar-refractivity contribution in [1.29, 1.82) is 0 Å². The molecule has 1 aromatic heterocycles. The summed E-state index contributed by atoms with van der Waals surface area (Å²) in [5.74, 6) is -0.920. The summed E-state index contributed by atoms with van der Waals surface area (Å²) in [6, 6.07) is 9.57. The van der Waals surface area contributed by atoms with Gasteiger partial charge in [-0.2, -0.15) is 0 Å². The van der Waals surface area contributed by atoms with Gasteiger partial charge in [0.2, 0.25) is 0 Å². The SMILES string of the molecule is CCc1nc(-c2ccc(C)c(C)c2)ccc1C(=O)O. The molecule has 0 aliphatic heterocycles. The maximum atomic E-state index is 11.1. The number of carboxylic acids is 1. The molecule has 0 unspecified atom stereocenters. The molecule has 0 radical (unpaired) electrons. The standard InChI is InChI=1S/C16H17NO2/c1-4-14-13(16(18)19)7-8-15(17-14)12-6-5-10(2)11(3)9-12/h5-9H,4H2,1-3H3,(H,18,19). The molecule has 0 bridgehead atoms. The molecular formula is C16H17NO2. The van der Waals surface area contributed by atoms with Gasteiger partial charge in [0.25, 0.3) is 0 Å². The lowest BCUT2D eigenvalue weighted by Gasteiger charge is -2.08. The van der Waals surface area contributed by atoms with Crippen LogP contribution < -0.4 is 0 Å². The van der Waals surface area contributed by atoms with Gasteiger partial charge in [0.15, 0.2) is 0 Å². The molecule has 0 saturated heterocycles. The van der Waals surface area contributed by atoms with Crippen molar-refractivity contribution in [2.45, 2.75) is 27.2 Å². The summed E-state index contributed by atoms with van der Waals surface area (Å²) in [5.41, 5.74) is 5.21. The first kappa shape index (κ1) is 13.3. The molecule has 1 aromatic carbocycles. The number of pyridine rings is 1. The van der Waals surface area contributed by atoms with Crippen LogP contribution in [0.15, 0.2) is 30.3 Å². The van der Waals surface area contributed by atoms with Crippen LogP contribution in [0.5, 0.6) is 0 Å². The van der Waals surface area contributed by atoms with Gasteiger partial charge >= 0.3 is 5.97 Å². The predicted molar refractivity (Wildman–Crippen MR) is 75.5 cm³/mol. The van der Waals surface area contributed by atoms with Gasteiger partial charge < -0.3 is 5.11 Å². The van der Waals surface area contributed by atoms with Gasteiger partial charge in [0, 0.05) is 5.56 Å². The fraction of sp³-hybridized carbons (Fsp3) is 0.250. The Hall–Kier alpha value is -2.16. The smallest absolute Gasteiger partial charge is 0.337 e. The van der Waals surface area contributed by atoms with E-state index >= 15 is 0 Å². The maximum Gasteiger partial charge on any atom is 0.337 e. The maximum absolute atomic E-state index is 11.1. The summed E-state index contributed by atoms with van der Waals surface area (Å²) in [4.78, 5) is 15.6. The van der Waals surface area contributed by atoms with Crippen LogP contribution in [-0.2, 0) is 6.42 Å². The molecule has 0 atom stereocenters. The Kier molecular flexibility index (Phi) is 3.65. The highest BCUT2D eigenvalue weighted by molar-refractivity contribution is 5.89. The normalized spacial score (nSPS) is 10.5. The molecule has 0 fully saturated rings. The van der Waals surface area contributed by atoms with E-state index in [1.165, 1.54) is 11.1 Å². The molecule has 98 valence electrons. The lowest BCUT2D eigenvalue weighted by atomic mass is 10.0. The highest BCUT2D eigenvalue weighted by Crippen LogP contribution is 2.22. The molecule has 3 heteroatoms. The second kappa shape index (κ2) is 5.22. The molecule has 0 saturated carbocycles. The van der Waals surface area contributed by atoms with Gasteiger partial charge in [-0.1, -0.05) is 19.1 Å². The van der Waals surface area contributed by atoms with Gasteiger partial charge in [-0.15, -0.1) is 0 Å². The van der Waals surface area contributed by atoms with E-state index in [0.717, 1.165) is 11.3 Å². The molecule has 0 aliphatic carbocycles. The zero-order chi connectivity index (χ0) is 14.0. The summed E-state index contributed by atoms with van der Waals surface area (Å²) in [6.45, 7) is 6.04. The Morgan fingerprint density at radius 3 is 2.47 bits per heavy atom. The van der Waals surface area contributed by atoms with E-state index < -0.39 is 5.97 Å². The first-order chi connectivity index (χ1) is 9.02. The zero-order valence-electron chi connectivity index (χ0n) is 11.4. The van der Waals surface area contributed by atoms with E-state index in [0.29, 0.717) is 12.1 Å². The van der Waals surface area contributed by atoms with E-state index in [2.05, 4.69) is 31.0 Å². The minimum atomic E-state index is -0.920. The number of aromatic carboxylic acids is 1. The van der Waals surface area contributed by atoms with Gasteiger partial charge in [0.05, 0.1) is 17.0 Å². The molecule has 0 amide bonds. The van der Waals surface area contributed by atoms with E-state index in [1.54, 1.807) is 12.1 Å². The quantitative estimate of drug-likeness (QED) is 0.911. The molecular weight excluding hydrogens is 238 g/mol. The summed E-state index contributed by atoms with van der Waals surface area (Å²) in [5, 5.41) is 9.10. The lowest BCUT2D eigenvalue weighted by Crippen LogP contribution is -2.04. The third-order valence-electron chi connectivity index (χ3n) is 3.34. The van der Waals surface area contributed by atoms with Crippen molar-refractivity contribution in [3.63, 3.8) is 0 Å². The van der Waals surface area contributed by atoms with Crippen molar-refractivity contribution < 1.29 is 9.90 Å². The Balaban J connectivity index is 2.51. The number of hydrogen-bond acceptors (Lipinski definition) is 2. The Morgan fingerprint density at radius 2 is 1.89 bits per heavy atom. The number of carboxylic acid groups (broad SMARTS) is 1. The third-order valence-corrected chi connectivity index (χ3v) is 3.34. The Labute approximate surface area is 112 Å². The molecule has 19 heavy (non-hydrogen) atoms. The summed E-state index contributed by atoms with van der Waals surface area (Å²) >= 11 is 0. The van der Waals surface area contributed by atoms with Crippen molar-refractivity contribution in [2.75, 3.05) is 0 Å². The van der Waals surface area contributed by atoms with Gasteiger partial charge in [-0.3, -0.25) is 4.98 Å². The monoisotopic (exact) mass is 255 g/mol. The average molecular weight is 255 g/mol. The number of aryl methyl sites for hydroxylation is 3. The van der Waals surface area contributed by atoms with Crippen LogP contribution in [0.3, 0.4) is 0 Å². The molecule has 2 rings (SSSR count). The Morgan fingerprint density at radius 1 is 1.16 bits per heavy atom. The van der Waals surface area contributed by atoms with Crippen LogP contribution in [0.1, 0.15) is 34.1 Å². The minimum Gasteiger partial charge on any atom is -0.478 e. The average Bonchev–Trinajstić information content (AvgIpc) is 2.41. The Bertz CT molecular complexity index is 633. The second-order valence-electron chi connectivity index (χ2n) is 4.65. The number of aromatic nitrogens is 1. The summed E-state index contributed by atoms with van der Waals surface area (Å²) < 4.78 is 0. The third kappa shape index (κ3) is 2.65. The number of benzene rings is 1. The van der Waals surface area contributed by atoms with Crippen molar-refractivity contribution in [2.24, 2.45) is 0 Å². The molecule has 2 aromatic rings. The van der Waals surface area contributed by atoms with Crippen LogP contribution in [-0.4, -0.2) is 16.1 Å². The number of rotatable bonds is 3. The topological polar surface area (TPSA) is 50.2 Å². The van der Waals surface area contributed by atoms with Crippen molar-refractivity contribution in [3.8, 4) is 11.3 Å². The lowest BCUT2D eigenvalue weighted by molar-refractivity contribution is 0.0695. The van der Waals surface area contributed by atoms with Crippen LogP contribution in [0, 0.1) is 13.8 Å². The zero-order valence-corrected chi connectivity index (χ0v) is 11.4. The van der Waals surface area contributed by atoms with Crippen molar-refractivity contribution in [3.05, 3.63) is 52.7 Å². The number of nitrogens with zero attached hydrogens (tertiary/aromatic N) is 1. The molecule has 0 aliphatic rings. The molecule has 1 heterocycles. The van der Waals surface area contributed by atoms with Crippen molar-refractivity contribution >= 4 is 5.97 Å². The molecule has 0 spiro atoms. The van der Waals surface area contributed by atoms with Crippen LogP contribution in [0.25, 0.3) is 11.3 Å². The number of hydrogen-bond donors (Lipinski definition) is 1. The summed E-state index contributed by atoms with van der Waals surface area (Å²) in [6.07, 6.45) is 0.611. The van der Waals surface area contributed by atoms with Gasteiger partial charge in [-0.05, 0) is 49.6 Å². The van der Waals surface area contributed by atoms with Crippen LogP contribution >= 0.6 is 0 Å². The van der Waals surface area contributed by atoms with Crippen LogP contribution in [0.2, 0.25) is 0 Å².